The van der Waals surface area contributed by atoms with Gasteiger partial charge in [0.15, 0.2) is 0 Å². The van der Waals surface area contributed by atoms with Crippen molar-refractivity contribution in [1.29, 1.82) is 0 Å². The fourth-order valence-corrected chi connectivity index (χ4v) is 7.31. The zero-order valence-corrected chi connectivity index (χ0v) is 33.6. The van der Waals surface area contributed by atoms with E-state index in [0.29, 0.717) is 28.2 Å². The molecule has 0 spiro atoms. The average Bonchev–Trinajstić information content (AvgIpc) is 3.64. The second kappa shape index (κ2) is 20.5. The molecular weight excluding hydrogens is 845 g/mol. The van der Waals surface area contributed by atoms with Crippen molar-refractivity contribution in [2.24, 2.45) is 0 Å². The first-order valence-corrected chi connectivity index (χ1v) is 19.4. The summed E-state index contributed by atoms with van der Waals surface area (Å²) < 4.78 is 119. The standard InChI is InChI=1S/C39H41F6N4O11P/c1-24-22-49(36(53)48-33(24)50)32-21-30(60-61(57-19-17-46-34(51)38(40,41)42)58-20-18-47-35(52)39(43,44)45)31(59-32)23-56-37(25-7-5-4-6-8-25,26-9-13-28(54-2)14-10-26)27-11-15-29(55-3)16-12-27/h4-16,22,30-32H,17-21,23H2,1-3H3,(H,46,51)(H,47,52)(H,48,50,53)/t30-,31+,32+/m0/s1. The Morgan fingerprint density at radius 2 is 1.28 bits per heavy atom. The Morgan fingerprint density at radius 3 is 1.75 bits per heavy atom. The van der Waals surface area contributed by atoms with Crippen LogP contribution in [0.4, 0.5) is 26.3 Å². The Labute approximate surface area is 345 Å². The van der Waals surface area contributed by atoms with E-state index in [1.54, 1.807) is 59.2 Å². The first kappa shape index (κ1) is 46.8. The van der Waals surface area contributed by atoms with E-state index in [-0.39, 0.29) is 18.6 Å². The Bertz CT molecular complexity index is 2110. The summed E-state index contributed by atoms with van der Waals surface area (Å²) in [5.41, 5.74) is -0.744. The maximum atomic E-state index is 13.1. The molecular formula is C39H41F6N4O11P. The monoisotopic (exact) mass is 886 g/mol. The summed E-state index contributed by atoms with van der Waals surface area (Å²) in [6.07, 6.45) is -12.6. The molecule has 2 amide bonds. The Balaban J connectivity index is 1.51. The summed E-state index contributed by atoms with van der Waals surface area (Å²) in [6, 6.07) is 23.3. The summed E-state index contributed by atoms with van der Waals surface area (Å²) in [4.78, 5) is 50.3. The number of hydrogen-bond donors (Lipinski definition) is 3. The molecule has 3 N–H and O–H groups in total. The lowest BCUT2D eigenvalue weighted by atomic mass is 9.80. The Morgan fingerprint density at radius 1 is 0.787 bits per heavy atom. The number of rotatable bonds is 19. The SMILES string of the molecule is COc1ccc(C(OC[C@H]2O[C@@H](n3cc(C)c(=O)[nH]c3=O)C[C@@H]2OP(OCCNC(=O)C(F)(F)F)OCCNC(=O)C(F)(F)F)(c2ccccc2)c2ccc(OC)cc2)cc1. The van der Waals surface area contributed by atoms with Crippen molar-refractivity contribution >= 4 is 20.4 Å². The third-order valence-corrected chi connectivity index (χ3v) is 10.4. The van der Waals surface area contributed by atoms with Crippen LogP contribution in [-0.4, -0.2) is 93.1 Å². The average molecular weight is 887 g/mol. The van der Waals surface area contributed by atoms with Gasteiger partial charge in [-0.15, -0.1) is 0 Å². The van der Waals surface area contributed by atoms with Crippen molar-refractivity contribution in [2.45, 2.75) is 49.7 Å². The molecule has 61 heavy (non-hydrogen) atoms. The number of benzene rings is 3. The summed E-state index contributed by atoms with van der Waals surface area (Å²) in [5.74, 6) is -3.39. The predicted molar refractivity (Wildman–Crippen MR) is 205 cm³/mol. The van der Waals surface area contributed by atoms with Crippen molar-refractivity contribution in [3.63, 3.8) is 0 Å². The van der Waals surface area contributed by atoms with Crippen molar-refractivity contribution < 1.29 is 68.5 Å². The summed E-state index contributed by atoms with van der Waals surface area (Å²) in [6.45, 7) is -1.44. The molecule has 0 aliphatic carbocycles. The quantitative estimate of drug-likeness (QED) is 0.0491. The molecule has 0 radical (unpaired) electrons. The normalized spacial score (nSPS) is 17.0. The van der Waals surface area contributed by atoms with Crippen LogP contribution in [0.5, 0.6) is 11.5 Å². The number of nitrogens with zero attached hydrogens (tertiary/aromatic N) is 1. The lowest BCUT2D eigenvalue weighted by Gasteiger charge is -2.37. The van der Waals surface area contributed by atoms with E-state index >= 15 is 0 Å². The topological polar surface area (TPSA) is 178 Å². The van der Waals surface area contributed by atoms with Crippen LogP contribution in [0.1, 0.15) is 34.9 Å². The van der Waals surface area contributed by atoms with E-state index in [0.717, 1.165) is 4.57 Å². The molecule has 4 aromatic rings. The molecule has 2 heterocycles. The highest BCUT2D eigenvalue weighted by atomic mass is 31.2. The number of alkyl halides is 6. The predicted octanol–water partition coefficient (Wildman–Crippen LogP) is 5.16. The second-order valence-corrected chi connectivity index (χ2v) is 14.4. The van der Waals surface area contributed by atoms with Gasteiger partial charge in [-0.05, 0) is 47.9 Å². The van der Waals surface area contributed by atoms with Crippen LogP contribution in [0.2, 0.25) is 0 Å². The van der Waals surface area contributed by atoms with Crippen LogP contribution in [-0.2, 0) is 38.2 Å². The highest BCUT2D eigenvalue weighted by Gasteiger charge is 2.45. The van der Waals surface area contributed by atoms with Crippen LogP contribution in [0.3, 0.4) is 0 Å². The number of carbonyl (C=O) groups is 2. The molecule has 0 unspecified atom stereocenters. The van der Waals surface area contributed by atoms with Gasteiger partial charge < -0.3 is 43.2 Å². The molecule has 15 nitrogen and oxygen atoms in total. The largest absolute Gasteiger partial charge is 0.497 e. The zero-order chi connectivity index (χ0) is 44.4. The number of hydrogen-bond acceptors (Lipinski definition) is 11. The molecule has 1 fully saturated rings. The van der Waals surface area contributed by atoms with E-state index in [1.807, 2.05) is 30.3 Å². The minimum atomic E-state index is -5.19. The number of aromatic amines is 1. The summed E-state index contributed by atoms with van der Waals surface area (Å²) in [5, 5.41) is 3.25. The van der Waals surface area contributed by atoms with E-state index in [9.17, 15) is 45.5 Å². The lowest BCUT2D eigenvalue weighted by Crippen LogP contribution is -2.39. The smallest absolute Gasteiger partial charge is 0.471 e. The van der Waals surface area contributed by atoms with Crippen LogP contribution in [0.15, 0.2) is 94.6 Å². The highest BCUT2D eigenvalue weighted by molar-refractivity contribution is 7.41. The molecule has 0 saturated carbocycles. The van der Waals surface area contributed by atoms with Gasteiger partial charge in [0.25, 0.3) is 5.56 Å². The van der Waals surface area contributed by atoms with Crippen molar-refractivity contribution in [3.8, 4) is 11.5 Å². The fraction of sp³-hybridized carbons (Fsp3) is 0.385. The van der Waals surface area contributed by atoms with Crippen LogP contribution in [0.25, 0.3) is 0 Å². The van der Waals surface area contributed by atoms with Gasteiger partial charge in [-0.2, -0.15) is 26.3 Å². The molecule has 5 rings (SSSR count). The van der Waals surface area contributed by atoms with Crippen LogP contribution in [0, 0.1) is 6.92 Å². The number of aromatic nitrogens is 2. The van der Waals surface area contributed by atoms with E-state index in [1.165, 1.54) is 27.3 Å². The first-order valence-electron chi connectivity index (χ1n) is 18.3. The third-order valence-electron chi connectivity index (χ3n) is 9.18. The molecule has 1 saturated heterocycles. The van der Waals surface area contributed by atoms with Gasteiger partial charge in [-0.3, -0.25) is 23.9 Å². The molecule has 1 aliphatic heterocycles. The maximum absolute atomic E-state index is 13.1. The number of carbonyl (C=O) groups excluding carboxylic acids is 2. The lowest BCUT2D eigenvalue weighted by molar-refractivity contribution is -0.173. The summed E-state index contributed by atoms with van der Waals surface area (Å²) in [7, 11) is 0.353. The number of methoxy groups -OCH3 is 2. The van der Waals surface area contributed by atoms with Gasteiger partial charge in [0, 0.05) is 31.3 Å². The summed E-state index contributed by atoms with van der Waals surface area (Å²) >= 11 is 0. The van der Waals surface area contributed by atoms with Crippen molar-refractivity contribution in [3.05, 3.63) is 128 Å². The second-order valence-electron chi connectivity index (χ2n) is 13.2. The zero-order valence-electron chi connectivity index (χ0n) is 32.7. The number of halogens is 6. The van der Waals surface area contributed by atoms with E-state index in [2.05, 4.69) is 4.98 Å². The molecule has 3 atom stereocenters. The van der Waals surface area contributed by atoms with Crippen molar-refractivity contribution in [2.75, 3.05) is 47.1 Å². The van der Waals surface area contributed by atoms with Gasteiger partial charge in [-0.25, -0.2) is 4.79 Å². The number of aryl methyl sites for hydroxylation is 1. The van der Waals surface area contributed by atoms with E-state index < -0.39 is 94.4 Å². The fourth-order valence-electron chi connectivity index (χ4n) is 6.19. The molecule has 330 valence electrons. The number of amides is 2. The number of ether oxygens (including phenoxy) is 4. The highest BCUT2D eigenvalue weighted by Crippen LogP contribution is 2.47. The molecule has 3 aromatic carbocycles. The van der Waals surface area contributed by atoms with Gasteiger partial charge in [0.05, 0.1) is 40.1 Å². The minimum Gasteiger partial charge on any atom is -0.497 e. The molecule has 22 heteroatoms. The van der Waals surface area contributed by atoms with E-state index in [4.69, 9.17) is 32.5 Å². The van der Waals surface area contributed by atoms with Gasteiger partial charge >= 0.3 is 38.5 Å². The van der Waals surface area contributed by atoms with Gasteiger partial charge in [0.2, 0.25) is 0 Å². The first-order chi connectivity index (χ1) is 29.0. The third kappa shape index (κ3) is 12.0. The van der Waals surface area contributed by atoms with Gasteiger partial charge in [0.1, 0.15) is 29.4 Å². The van der Waals surface area contributed by atoms with Crippen LogP contribution < -0.4 is 31.4 Å². The molecule has 1 aromatic heterocycles. The van der Waals surface area contributed by atoms with Crippen LogP contribution >= 0.6 is 8.60 Å². The Hall–Kier alpha value is -5.31. The number of nitrogens with one attached hydrogen (secondary N) is 3. The van der Waals surface area contributed by atoms with Gasteiger partial charge in [-0.1, -0.05) is 54.6 Å². The Kier molecular flexibility index (Phi) is 15.7. The van der Waals surface area contributed by atoms with Crippen molar-refractivity contribution in [1.82, 2.24) is 20.2 Å². The molecule has 0 bridgehead atoms. The molecule has 1 aliphatic rings. The maximum Gasteiger partial charge on any atom is 0.471 e. The number of H-pyrrole nitrogens is 1. The minimum absolute atomic E-state index is 0.149.